The van der Waals surface area contributed by atoms with Crippen molar-refractivity contribution < 1.29 is 24.2 Å². The molecular weight excluding hydrogens is 607 g/mol. The predicted molar refractivity (Wildman–Crippen MR) is 179 cm³/mol. The van der Waals surface area contributed by atoms with Gasteiger partial charge in [0, 0.05) is 11.3 Å². The first-order valence-electron chi connectivity index (χ1n) is 15.2. The Morgan fingerprint density at radius 2 is 1.53 bits per heavy atom. The van der Waals surface area contributed by atoms with E-state index in [4.69, 9.17) is 9.47 Å². The third-order valence-electron chi connectivity index (χ3n) is 7.34. The van der Waals surface area contributed by atoms with E-state index in [0.717, 1.165) is 31.2 Å². The zero-order valence-electron chi connectivity index (χ0n) is 25.7. The lowest BCUT2D eigenvalue weighted by Gasteiger charge is -2.22. The normalized spacial score (nSPS) is 15.9. The lowest BCUT2D eigenvalue weighted by Crippen LogP contribution is -2.29. The maximum Gasteiger partial charge on any atom is 0.301 e. The number of nitrogens with zero attached hydrogens (tertiary/aromatic N) is 3. The molecule has 1 aliphatic heterocycles. The van der Waals surface area contributed by atoms with Gasteiger partial charge < -0.3 is 14.6 Å². The summed E-state index contributed by atoms with van der Waals surface area (Å²) in [6, 6.07) is 21.5. The van der Waals surface area contributed by atoms with Crippen molar-refractivity contribution in [1.82, 2.24) is 10.2 Å². The van der Waals surface area contributed by atoms with Gasteiger partial charge in [0.25, 0.3) is 5.78 Å². The molecule has 1 fully saturated rings. The molecule has 4 aromatic rings. The Kier molecular flexibility index (Phi) is 10.9. The van der Waals surface area contributed by atoms with E-state index in [1.54, 1.807) is 24.3 Å². The molecule has 1 N–H and O–H groups in total. The van der Waals surface area contributed by atoms with Crippen LogP contribution in [-0.2, 0) is 15.3 Å². The highest BCUT2D eigenvalue weighted by molar-refractivity contribution is 8.00. The summed E-state index contributed by atoms with van der Waals surface area (Å²) in [5.41, 5.74) is 3.37. The van der Waals surface area contributed by atoms with Crippen molar-refractivity contribution in [2.24, 2.45) is 0 Å². The van der Waals surface area contributed by atoms with Gasteiger partial charge in [-0.3, -0.25) is 14.5 Å². The van der Waals surface area contributed by atoms with E-state index in [0.29, 0.717) is 45.9 Å². The molecule has 2 heterocycles. The quantitative estimate of drug-likeness (QED) is 0.0367. The number of benzene rings is 3. The zero-order valence-corrected chi connectivity index (χ0v) is 27.3. The first kappa shape index (κ1) is 32.2. The standard InChI is InChI=1S/C35H37N3O5S2/c1-4-6-7-21-43-28-16-12-25(13-17-28)30-29(31(39)26-14-18-27(19-15-26)42-20-5-2)32(40)33(41)38(30)34-36-37-35(45-34)44-22-24-10-8-23(3)9-11-24/h8-19,30,39H,4-7,20-22H2,1-3H3/b31-29-. The first-order chi connectivity index (χ1) is 21.9. The fraction of sp³-hybridized carbons (Fsp3) is 0.314. The minimum Gasteiger partial charge on any atom is -0.507 e. The molecular formula is C35H37N3O5S2. The van der Waals surface area contributed by atoms with E-state index in [1.807, 2.05) is 38.1 Å². The summed E-state index contributed by atoms with van der Waals surface area (Å²) in [7, 11) is 0. The van der Waals surface area contributed by atoms with Crippen LogP contribution in [0.3, 0.4) is 0 Å². The van der Waals surface area contributed by atoms with E-state index in [2.05, 4.69) is 41.4 Å². The van der Waals surface area contributed by atoms with Crippen LogP contribution in [0.25, 0.3) is 5.76 Å². The minimum absolute atomic E-state index is 0.0112. The molecule has 1 aliphatic rings. The number of aliphatic hydroxyl groups excluding tert-OH is 1. The van der Waals surface area contributed by atoms with Gasteiger partial charge in [-0.1, -0.05) is 91.7 Å². The summed E-state index contributed by atoms with van der Waals surface area (Å²) in [6.07, 6.45) is 4.02. The molecule has 0 saturated carbocycles. The highest BCUT2D eigenvalue weighted by atomic mass is 32.2. The lowest BCUT2D eigenvalue weighted by atomic mass is 9.95. The fourth-order valence-corrected chi connectivity index (χ4v) is 6.73. The van der Waals surface area contributed by atoms with Crippen LogP contribution in [0.5, 0.6) is 11.5 Å². The minimum atomic E-state index is -0.905. The van der Waals surface area contributed by atoms with E-state index in [-0.39, 0.29) is 16.5 Å². The number of anilines is 1. The summed E-state index contributed by atoms with van der Waals surface area (Å²) in [5.74, 6) is 0.226. The van der Waals surface area contributed by atoms with Crippen LogP contribution >= 0.6 is 23.1 Å². The molecule has 0 aliphatic carbocycles. The second-order valence-corrected chi connectivity index (χ2v) is 13.0. The first-order valence-corrected chi connectivity index (χ1v) is 17.0. The number of Topliss-reactive ketones (excluding diaryl/α,β-unsaturated/α-hetero) is 1. The van der Waals surface area contributed by atoms with Gasteiger partial charge in [-0.15, -0.1) is 10.2 Å². The summed E-state index contributed by atoms with van der Waals surface area (Å²) in [4.78, 5) is 28.6. The highest BCUT2D eigenvalue weighted by Crippen LogP contribution is 2.44. The number of aliphatic hydroxyl groups is 1. The number of aromatic nitrogens is 2. The van der Waals surface area contributed by atoms with Crippen molar-refractivity contribution in [2.45, 2.75) is 62.6 Å². The lowest BCUT2D eigenvalue weighted by molar-refractivity contribution is -0.132. The Hall–Kier alpha value is -4.15. The molecule has 1 unspecified atom stereocenters. The number of aryl methyl sites for hydroxylation is 1. The molecule has 234 valence electrons. The summed E-state index contributed by atoms with van der Waals surface area (Å²) in [5, 5.41) is 20.4. The Morgan fingerprint density at radius 1 is 0.867 bits per heavy atom. The zero-order chi connectivity index (χ0) is 31.8. The largest absolute Gasteiger partial charge is 0.507 e. The molecule has 1 saturated heterocycles. The number of ketones is 1. The van der Waals surface area contributed by atoms with Crippen molar-refractivity contribution in [3.8, 4) is 11.5 Å². The topological polar surface area (TPSA) is 102 Å². The number of rotatable bonds is 14. The average molecular weight is 644 g/mol. The van der Waals surface area contributed by atoms with E-state index >= 15 is 0 Å². The molecule has 0 radical (unpaired) electrons. The van der Waals surface area contributed by atoms with Crippen LogP contribution in [0.15, 0.2) is 82.7 Å². The number of ether oxygens (including phenoxy) is 2. The predicted octanol–water partition coefficient (Wildman–Crippen LogP) is 8.12. The smallest absolute Gasteiger partial charge is 0.301 e. The molecule has 8 nitrogen and oxygen atoms in total. The van der Waals surface area contributed by atoms with Gasteiger partial charge in [0.1, 0.15) is 17.3 Å². The third-order valence-corrected chi connectivity index (χ3v) is 9.47. The maximum atomic E-state index is 13.6. The third kappa shape index (κ3) is 7.75. The number of thioether (sulfide) groups is 1. The van der Waals surface area contributed by atoms with Crippen LogP contribution in [-0.4, -0.2) is 40.2 Å². The second-order valence-electron chi connectivity index (χ2n) is 10.8. The van der Waals surface area contributed by atoms with Crippen molar-refractivity contribution in [2.75, 3.05) is 18.1 Å². The molecule has 1 atom stereocenters. The summed E-state index contributed by atoms with van der Waals surface area (Å²) < 4.78 is 12.2. The van der Waals surface area contributed by atoms with Gasteiger partial charge in [0.15, 0.2) is 4.34 Å². The summed E-state index contributed by atoms with van der Waals surface area (Å²) >= 11 is 2.76. The van der Waals surface area contributed by atoms with Gasteiger partial charge in [-0.05, 0) is 67.3 Å². The van der Waals surface area contributed by atoms with Crippen LogP contribution in [0.4, 0.5) is 5.13 Å². The molecule has 5 rings (SSSR count). The fourth-order valence-electron chi connectivity index (χ4n) is 4.91. The Morgan fingerprint density at radius 3 is 2.20 bits per heavy atom. The van der Waals surface area contributed by atoms with Gasteiger partial charge in [0.2, 0.25) is 5.13 Å². The Labute approximate surface area is 272 Å². The summed E-state index contributed by atoms with van der Waals surface area (Å²) in [6.45, 7) is 7.39. The van der Waals surface area contributed by atoms with Gasteiger partial charge in [0.05, 0.1) is 24.8 Å². The van der Waals surface area contributed by atoms with Crippen molar-refractivity contribution >= 4 is 45.7 Å². The van der Waals surface area contributed by atoms with Gasteiger partial charge >= 0.3 is 5.91 Å². The molecule has 10 heteroatoms. The van der Waals surface area contributed by atoms with Crippen LogP contribution in [0, 0.1) is 6.92 Å². The van der Waals surface area contributed by atoms with Crippen LogP contribution in [0.1, 0.15) is 67.8 Å². The number of hydrogen-bond acceptors (Lipinski definition) is 9. The van der Waals surface area contributed by atoms with Crippen LogP contribution in [0.2, 0.25) is 0 Å². The number of carbonyl (C=O) groups excluding carboxylic acids is 2. The van der Waals surface area contributed by atoms with Crippen molar-refractivity contribution in [3.05, 3.63) is 101 Å². The van der Waals surface area contributed by atoms with E-state index in [1.165, 1.54) is 33.6 Å². The van der Waals surface area contributed by atoms with Crippen LogP contribution < -0.4 is 14.4 Å². The van der Waals surface area contributed by atoms with E-state index < -0.39 is 17.7 Å². The highest BCUT2D eigenvalue weighted by Gasteiger charge is 2.48. The Bertz CT molecular complexity index is 1630. The molecule has 45 heavy (non-hydrogen) atoms. The van der Waals surface area contributed by atoms with E-state index in [9.17, 15) is 14.7 Å². The molecule has 3 aromatic carbocycles. The SMILES string of the molecule is CCCCCOc1ccc(C2/C(=C(/O)c3ccc(OCCC)cc3)C(=O)C(=O)N2c2nnc(SCc3ccc(C)cc3)s2)cc1. The van der Waals surface area contributed by atoms with Gasteiger partial charge in [-0.25, -0.2) is 0 Å². The molecule has 1 amide bonds. The second kappa shape index (κ2) is 15.2. The molecule has 0 bridgehead atoms. The Balaban J connectivity index is 1.47. The number of unbranched alkanes of at least 4 members (excludes halogenated alkanes) is 2. The molecule has 0 spiro atoms. The van der Waals surface area contributed by atoms with Gasteiger partial charge in [-0.2, -0.15) is 0 Å². The number of amides is 1. The average Bonchev–Trinajstić information content (AvgIpc) is 3.63. The molecule has 1 aromatic heterocycles. The van der Waals surface area contributed by atoms with Crippen molar-refractivity contribution in [3.63, 3.8) is 0 Å². The monoisotopic (exact) mass is 643 g/mol. The number of hydrogen-bond donors (Lipinski definition) is 1. The maximum absolute atomic E-state index is 13.6. The van der Waals surface area contributed by atoms with Crippen molar-refractivity contribution in [1.29, 1.82) is 0 Å². The number of carbonyl (C=O) groups is 2.